The summed E-state index contributed by atoms with van der Waals surface area (Å²) in [7, 11) is 0. The van der Waals surface area contributed by atoms with Gasteiger partial charge in [-0.15, -0.1) is 0 Å². The minimum absolute atomic E-state index is 0. The van der Waals surface area contributed by atoms with E-state index in [9.17, 15) is 44.7 Å². The Labute approximate surface area is 253 Å². The zero-order valence-electron chi connectivity index (χ0n) is 21.5. The number of rotatable bonds is 7. The first-order valence-electron chi connectivity index (χ1n) is 12.2. The first kappa shape index (κ1) is 31.4. The van der Waals surface area contributed by atoms with E-state index in [2.05, 4.69) is 10.6 Å². The number of esters is 1. The third-order valence-corrected chi connectivity index (χ3v) is 6.42. The van der Waals surface area contributed by atoms with E-state index < -0.39 is 69.7 Å². The summed E-state index contributed by atoms with van der Waals surface area (Å²) in [5.74, 6) is -6.42. The van der Waals surface area contributed by atoms with Crippen molar-refractivity contribution in [3.63, 3.8) is 0 Å². The van der Waals surface area contributed by atoms with Crippen LogP contribution in [0.1, 0.15) is 59.8 Å². The van der Waals surface area contributed by atoms with Gasteiger partial charge in [0.2, 0.25) is 5.78 Å². The summed E-state index contributed by atoms with van der Waals surface area (Å²) >= 11 is 0. The molecule has 13 heteroatoms. The van der Waals surface area contributed by atoms with Crippen LogP contribution >= 0.6 is 0 Å². The number of ether oxygens (including phenoxy) is 1. The molecule has 0 unspecified atom stereocenters. The van der Waals surface area contributed by atoms with E-state index in [1.165, 1.54) is 30.3 Å². The van der Waals surface area contributed by atoms with Gasteiger partial charge in [-0.1, -0.05) is 6.07 Å². The molecule has 41 heavy (non-hydrogen) atoms. The van der Waals surface area contributed by atoms with E-state index in [1.807, 2.05) is 0 Å². The zero-order chi connectivity index (χ0) is 29.0. The predicted octanol–water partition coefficient (Wildman–Crippen LogP) is 1.76. The Balaban J connectivity index is 0.00000462. The molecule has 7 N–H and O–H groups in total. The van der Waals surface area contributed by atoms with Gasteiger partial charge >= 0.3 is 11.9 Å². The molecular weight excluding hydrogens is 732 g/mol. The standard InChI is InChI=1S/C28H26N2O10.Pb/c31-16-8-6-14(7-9-16)26(36)30-18-13-29-10-2-5-22(18)40-28(39)15-11-20(33)24(21(34)12-15)25(35)23-17(27(37)38)3-1-4-19(23)32;/h1,3-4,6-9,11-12,18,22,29,31-34H,2,5,10,13H2,(H,30,36)(H,37,38);/t18-,22-;/m1./s1. The van der Waals surface area contributed by atoms with Crippen LogP contribution < -0.4 is 10.6 Å². The molecule has 0 saturated carbocycles. The van der Waals surface area contributed by atoms with Gasteiger partial charge in [-0.3, -0.25) is 9.59 Å². The van der Waals surface area contributed by atoms with Crippen molar-refractivity contribution in [1.82, 2.24) is 10.6 Å². The fraction of sp³-hybridized carbons (Fsp3) is 0.214. The summed E-state index contributed by atoms with van der Waals surface area (Å²) in [6, 6.07) is 10.1. The Hall–Kier alpha value is -4.18. The van der Waals surface area contributed by atoms with Gasteiger partial charge in [-0.2, -0.15) is 0 Å². The predicted molar refractivity (Wildman–Crippen MR) is 145 cm³/mol. The molecule has 1 heterocycles. The molecular formula is C28H26N2O10Pb. The third kappa shape index (κ3) is 7.13. The summed E-state index contributed by atoms with van der Waals surface area (Å²) in [6.07, 6.45) is 0.229. The molecule has 4 rings (SSSR count). The molecule has 12 nitrogen and oxygen atoms in total. The Morgan fingerprint density at radius 2 is 1.51 bits per heavy atom. The SMILES string of the molecule is O=C(N[C@@H]1CNCCC[C@H]1OC(=O)c1cc(O)c(C(=O)c2c(O)cccc2C(=O)O)c(O)c1)c1ccc(O)cc1.[Pb]. The van der Waals surface area contributed by atoms with E-state index in [1.54, 1.807) is 0 Å². The normalized spacial score (nSPS) is 16.5. The van der Waals surface area contributed by atoms with Crippen molar-refractivity contribution in [3.8, 4) is 23.0 Å². The maximum absolute atomic E-state index is 13.0. The number of nitrogens with one attached hydrogen (secondary N) is 2. The molecule has 1 amide bonds. The number of hydrogen-bond donors (Lipinski definition) is 7. The van der Waals surface area contributed by atoms with Crippen molar-refractivity contribution in [3.05, 3.63) is 82.4 Å². The van der Waals surface area contributed by atoms with Crippen molar-refractivity contribution in [1.29, 1.82) is 0 Å². The van der Waals surface area contributed by atoms with Gasteiger partial charge in [-0.05, 0) is 67.9 Å². The largest absolute Gasteiger partial charge is 0.508 e. The van der Waals surface area contributed by atoms with Gasteiger partial charge in [0, 0.05) is 39.4 Å². The molecule has 212 valence electrons. The van der Waals surface area contributed by atoms with Crippen molar-refractivity contribution in [2.75, 3.05) is 13.1 Å². The molecule has 3 aromatic carbocycles. The molecule has 0 bridgehead atoms. The number of carbonyl (C=O) groups excluding carboxylic acids is 3. The van der Waals surface area contributed by atoms with Gasteiger partial charge in [0.05, 0.1) is 22.7 Å². The summed E-state index contributed by atoms with van der Waals surface area (Å²) in [5.41, 5.74) is -1.91. The quantitative estimate of drug-likeness (QED) is 0.105. The second kappa shape index (κ2) is 13.5. The number of aromatic carboxylic acids is 1. The number of amides is 1. The number of carboxylic acid groups (broad SMARTS) is 1. The molecule has 0 aliphatic carbocycles. The monoisotopic (exact) mass is 758 g/mol. The molecule has 2 atom stereocenters. The van der Waals surface area contributed by atoms with Crippen LogP contribution in [0.15, 0.2) is 54.6 Å². The first-order chi connectivity index (χ1) is 19.1. The number of aromatic hydroxyl groups is 4. The van der Waals surface area contributed by atoms with Gasteiger partial charge in [0.15, 0.2) is 0 Å². The molecule has 4 radical (unpaired) electrons. The van der Waals surface area contributed by atoms with Crippen LogP contribution in [0.3, 0.4) is 0 Å². The van der Waals surface area contributed by atoms with Gasteiger partial charge < -0.3 is 40.9 Å². The number of phenolic OH excluding ortho intramolecular Hbond substituents is 4. The van der Waals surface area contributed by atoms with Crippen LogP contribution in [-0.4, -0.2) is 102 Å². The average Bonchev–Trinajstić information content (AvgIpc) is 3.12. The molecule has 0 spiro atoms. The first-order valence-corrected chi connectivity index (χ1v) is 12.2. The Morgan fingerprint density at radius 1 is 0.854 bits per heavy atom. The van der Waals surface area contributed by atoms with Crippen LogP contribution in [0.4, 0.5) is 0 Å². The van der Waals surface area contributed by atoms with Crippen molar-refractivity contribution in [2.24, 2.45) is 0 Å². The minimum atomic E-state index is -1.51. The number of ketones is 1. The van der Waals surface area contributed by atoms with Crippen molar-refractivity contribution < 1.29 is 49.4 Å². The number of carboxylic acids is 1. The Bertz CT molecular complexity index is 1450. The minimum Gasteiger partial charge on any atom is -0.508 e. The van der Waals surface area contributed by atoms with Crippen molar-refractivity contribution >= 4 is 50.9 Å². The van der Waals surface area contributed by atoms with Crippen LogP contribution in [0.2, 0.25) is 0 Å². The number of carbonyl (C=O) groups is 4. The van der Waals surface area contributed by atoms with E-state index in [0.717, 1.165) is 24.3 Å². The summed E-state index contributed by atoms with van der Waals surface area (Å²) in [6.45, 7) is 0.904. The van der Waals surface area contributed by atoms with Crippen LogP contribution in [-0.2, 0) is 4.74 Å². The van der Waals surface area contributed by atoms with E-state index in [4.69, 9.17) is 4.74 Å². The third-order valence-electron chi connectivity index (χ3n) is 6.42. The van der Waals surface area contributed by atoms with Crippen LogP contribution in [0, 0.1) is 0 Å². The maximum Gasteiger partial charge on any atom is 0.338 e. The van der Waals surface area contributed by atoms with Gasteiger partial charge in [0.1, 0.15) is 34.7 Å². The second-order valence-electron chi connectivity index (χ2n) is 9.14. The number of phenols is 4. The molecule has 3 aromatic rings. The fourth-order valence-corrected chi connectivity index (χ4v) is 4.42. The number of hydrogen-bond acceptors (Lipinski definition) is 10. The van der Waals surface area contributed by atoms with Crippen LogP contribution in [0.25, 0.3) is 0 Å². The topological polar surface area (TPSA) is 203 Å². The smallest absolute Gasteiger partial charge is 0.338 e. The summed E-state index contributed by atoms with van der Waals surface area (Å²) < 4.78 is 5.63. The summed E-state index contributed by atoms with van der Waals surface area (Å²) in [5, 5.41) is 56.0. The molecule has 1 aliphatic heterocycles. The summed E-state index contributed by atoms with van der Waals surface area (Å²) in [4.78, 5) is 50.3. The van der Waals surface area contributed by atoms with E-state index in [0.29, 0.717) is 19.4 Å². The van der Waals surface area contributed by atoms with Crippen LogP contribution in [0.5, 0.6) is 23.0 Å². The maximum atomic E-state index is 13.0. The molecule has 1 saturated heterocycles. The Kier molecular flexibility index (Phi) is 10.3. The zero-order valence-corrected chi connectivity index (χ0v) is 25.3. The fourth-order valence-electron chi connectivity index (χ4n) is 4.42. The van der Waals surface area contributed by atoms with E-state index in [-0.39, 0.29) is 50.7 Å². The Morgan fingerprint density at radius 3 is 2.15 bits per heavy atom. The molecule has 0 aromatic heterocycles. The molecule has 1 aliphatic rings. The average molecular weight is 758 g/mol. The van der Waals surface area contributed by atoms with E-state index >= 15 is 0 Å². The number of benzene rings is 3. The second-order valence-corrected chi connectivity index (χ2v) is 9.14. The van der Waals surface area contributed by atoms with Gasteiger partial charge in [-0.25, -0.2) is 9.59 Å². The van der Waals surface area contributed by atoms with Gasteiger partial charge in [0.25, 0.3) is 5.91 Å². The van der Waals surface area contributed by atoms with Crippen molar-refractivity contribution in [2.45, 2.75) is 25.0 Å². The molecule has 1 fully saturated rings.